The largest absolute Gasteiger partial charge is 0.378 e. The van der Waals surface area contributed by atoms with Crippen LogP contribution < -0.4 is 10.6 Å². The van der Waals surface area contributed by atoms with Gasteiger partial charge >= 0.3 is 0 Å². The molecule has 0 spiro atoms. The van der Waals surface area contributed by atoms with Crippen LogP contribution >= 0.6 is 0 Å². The highest BCUT2D eigenvalue weighted by molar-refractivity contribution is 5.76. The van der Waals surface area contributed by atoms with Crippen LogP contribution in [0.5, 0.6) is 0 Å². The number of ether oxygens (including phenoxy) is 1. The molecule has 1 aromatic heterocycles. The molecule has 6 nitrogen and oxygen atoms in total. The third-order valence-corrected chi connectivity index (χ3v) is 2.68. The average molecular weight is 238 g/mol. The molecule has 1 fully saturated rings. The Balaban J connectivity index is 1.60. The lowest BCUT2D eigenvalue weighted by atomic mass is 10.2. The van der Waals surface area contributed by atoms with Crippen LogP contribution in [0.4, 0.5) is 0 Å². The van der Waals surface area contributed by atoms with Crippen LogP contribution in [-0.4, -0.2) is 47.8 Å². The highest BCUT2D eigenvalue weighted by Gasteiger charge is 2.16. The van der Waals surface area contributed by atoms with Gasteiger partial charge in [0.05, 0.1) is 19.5 Å². The van der Waals surface area contributed by atoms with Crippen molar-refractivity contribution in [1.29, 1.82) is 0 Å². The molecule has 0 aromatic carbocycles. The summed E-state index contributed by atoms with van der Waals surface area (Å²) in [6, 6.07) is 0.150. The van der Waals surface area contributed by atoms with Crippen molar-refractivity contribution >= 4 is 5.91 Å². The van der Waals surface area contributed by atoms with Gasteiger partial charge in [-0.1, -0.05) is 0 Å². The van der Waals surface area contributed by atoms with E-state index in [1.165, 1.54) is 0 Å². The van der Waals surface area contributed by atoms with Gasteiger partial charge in [0.1, 0.15) is 0 Å². The number of nitrogens with zero attached hydrogens (tertiary/aromatic N) is 2. The van der Waals surface area contributed by atoms with E-state index in [2.05, 4.69) is 15.6 Å². The number of hydrogen-bond acceptors (Lipinski definition) is 4. The summed E-state index contributed by atoms with van der Waals surface area (Å²) in [6.07, 6.45) is 5.82. The number of carbonyl (C=O) groups is 1. The van der Waals surface area contributed by atoms with Gasteiger partial charge in [0.25, 0.3) is 0 Å². The number of aromatic nitrogens is 2. The zero-order valence-corrected chi connectivity index (χ0v) is 9.76. The minimum Gasteiger partial charge on any atom is -0.378 e. The summed E-state index contributed by atoms with van der Waals surface area (Å²) in [6.45, 7) is 3.56. The number of amides is 1. The zero-order chi connectivity index (χ0) is 11.9. The molecule has 1 atom stereocenters. The molecule has 1 aromatic rings. The SMILES string of the molecule is O=C(CC1COCCN1)NCCn1ccnc1. The molecule has 0 bridgehead atoms. The van der Waals surface area contributed by atoms with Gasteiger partial charge in [-0.25, -0.2) is 4.98 Å². The van der Waals surface area contributed by atoms with E-state index in [0.717, 1.165) is 19.7 Å². The predicted molar refractivity (Wildman–Crippen MR) is 62.5 cm³/mol. The molecular weight excluding hydrogens is 220 g/mol. The van der Waals surface area contributed by atoms with E-state index < -0.39 is 0 Å². The Labute approximate surface area is 100 Å². The number of imidazole rings is 1. The van der Waals surface area contributed by atoms with Crippen molar-refractivity contribution in [3.05, 3.63) is 18.7 Å². The maximum atomic E-state index is 11.6. The standard InChI is InChI=1S/C11H18N4O2/c16-11(7-10-8-17-6-3-13-10)14-2-5-15-4-1-12-9-15/h1,4,9-10,13H,2-3,5-8H2,(H,14,16). The lowest BCUT2D eigenvalue weighted by molar-refractivity contribution is -0.122. The zero-order valence-electron chi connectivity index (χ0n) is 9.76. The molecule has 1 aliphatic rings. The fourth-order valence-electron chi connectivity index (χ4n) is 1.79. The second kappa shape index (κ2) is 6.36. The Morgan fingerprint density at radius 2 is 2.59 bits per heavy atom. The summed E-state index contributed by atoms with van der Waals surface area (Å²) in [5.74, 6) is 0.0631. The first-order valence-corrected chi connectivity index (χ1v) is 5.88. The van der Waals surface area contributed by atoms with Crippen LogP contribution in [0.3, 0.4) is 0 Å². The van der Waals surface area contributed by atoms with E-state index in [9.17, 15) is 4.79 Å². The maximum Gasteiger partial charge on any atom is 0.221 e. The van der Waals surface area contributed by atoms with Gasteiger partial charge in [0.15, 0.2) is 0 Å². The fourth-order valence-corrected chi connectivity index (χ4v) is 1.79. The first-order chi connectivity index (χ1) is 8.34. The molecule has 1 saturated heterocycles. The summed E-state index contributed by atoms with van der Waals surface area (Å²) < 4.78 is 7.22. The molecule has 2 heterocycles. The summed E-state index contributed by atoms with van der Waals surface area (Å²) in [7, 11) is 0. The lowest BCUT2D eigenvalue weighted by Crippen LogP contribution is -2.44. The summed E-state index contributed by atoms with van der Waals surface area (Å²) in [5.41, 5.74) is 0. The van der Waals surface area contributed by atoms with E-state index in [1.807, 2.05) is 10.8 Å². The summed E-state index contributed by atoms with van der Waals surface area (Å²) in [4.78, 5) is 15.5. The highest BCUT2D eigenvalue weighted by atomic mass is 16.5. The Morgan fingerprint density at radius 3 is 3.29 bits per heavy atom. The average Bonchev–Trinajstić information content (AvgIpc) is 2.83. The van der Waals surface area contributed by atoms with Crippen LogP contribution in [0, 0.1) is 0 Å². The molecule has 1 unspecified atom stereocenters. The first kappa shape index (κ1) is 12.1. The van der Waals surface area contributed by atoms with Gasteiger partial charge in [-0.15, -0.1) is 0 Å². The number of hydrogen-bond donors (Lipinski definition) is 2. The molecule has 0 aliphatic carbocycles. The van der Waals surface area contributed by atoms with E-state index in [4.69, 9.17) is 4.74 Å². The molecule has 2 N–H and O–H groups in total. The number of rotatable bonds is 5. The van der Waals surface area contributed by atoms with Gasteiger partial charge in [-0.3, -0.25) is 4.79 Å². The summed E-state index contributed by atoms with van der Waals surface area (Å²) in [5, 5.41) is 6.14. The Hall–Kier alpha value is -1.40. The molecule has 1 aliphatic heterocycles. The molecule has 0 saturated carbocycles. The van der Waals surface area contributed by atoms with E-state index in [1.54, 1.807) is 12.5 Å². The van der Waals surface area contributed by atoms with Crippen molar-refractivity contribution < 1.29 is 9.53 Å². The fraction of sp³-hybridized carbons (Fsp3) is 0.636. The molecule has 94 valence electrons. The maximum absolute atomic E-state index is 11.6. The van der Waals surface area contributed by atoms with E-state index >= 15 is 0 Å². The number of carbonyl (C=O) groups excluding carboxylic acids is 1. The number of morpholine rings is 1. The second-order valence-corrected chi connectivity index (χ2v) is 4.08. The van der Waals surface area contributed by atoms with Crippen molar-refractivity contribution in [3.8, 4) is 0 Å². The molecule has 1 amide bonds. The van der Waals surface area contributed by atoms with Gasteiger partial charge in [-0.2, -0.15) is 0 Å². The molecule has 6 heteroatoms. The van der Waals surface area contributed by atoms with Gasteiger partial charge < -0.3 is 19.9 Å². The van der Waals surface area contributed by atoms with Crippen LogP contribution in [0.2, 0.25) is 0 Å². The van der Waals surface area contributed by atoms with Crippen molar-refractivity contribution in [2.24, 2.45) is 0 Å². The van der Waals surface area contributed by atoms with Crippen LogP contribution in [0.15, 0.2) is 18.7 Å². The minimum atomic E-state index is 0.0631. The Bertz CT molecular complexity index is 333. The first-order valence-electron chi connectivity index (χ1n) is 5.88. The van der Waals surface area contributed by atoms with Crippen LogP contribution in [0.25, 0.3) is 0 Å². The normalized spacial score (nSPS) is 20.1. The van der Waals surface area contributed by atoms with E-state index in [-0.39, 0.29) is 11.9 Å². The summed E-state index contributed by atoms with van der Waals surface area (Å²) >= 11 is 0. The van der Waals surface area contributed by atoms with E-state index in [0.29, 0.717) is 19.6 Å². The predicted octanol–water partition coefficient (Wildman–Crippen LogP) is -0.622. The van der Waals surface area contributed by atoms with Crippen LogP contribution in [0.1, 0.15) is 6.42 Å². The minimum absolute atomic E-state index is 0.0631. The van der Waals surface area contributed by atoms with Crippen molar-refractivity contribution in [2.45, 2.75) is 19.0 Å². The van der Waals surface area contributed by atoms with Crippen molar-refractivity contribution in [2.75, 3.05) is 26.3 Å². The number of nitrogens with one attached hydrogen (secondary N) is 2. The van der Waals surface area contributed by atoms with Gasteiger partial charge in [0, 0.05) is 44.5 Å². The molecule has 17 heavy (non-hydrogen) atoms. The monoisotopic (exact) mass is 238 g/mol. The molecular formula is C11H18N4O2. The topological polar surface area (TPSA) is 68.2 Å². The quantitative estimate of drug-likeness (QED) is 0.717. The third-order valence-electron chi connectivity index (χ3n) is 2.68. The second-order valence-electron chi connectivity index (χ2n) is 4.08. The molecule has 0 radical (unpaired) electrons. The van der Waals surface area contributed by atoms with Gasteiger partial charge in [-0.05, 0) is 0 Å². The lowest BCUT2D eigenvalue weighted by Gasteiger charge is -2.23. The smallest absolute Gasteiger partial charge is 0.221 e. The van der Waals surface area contributed by atoms with Crippen molar-refractivity contribution in [1.82, 2.24) is 20.2 Å². The Morgan fingerprint density at radius 1 is 1.65 bits per heavy atom. The van der Waals surface area contributed by atoms with Gasteiger partial charge in [0.2, 0.25) is 5.91 Å². The molecule has 2 rings (SSSR count). The highest BCUT2D eigenvalue weighted by Crippen LogP contribution is 1.97. The Kier molecular flexibility index (Phi) is 4.52. The van der Waals surface area contributed by atoms with Crippen molar-refractivity contribution in [3.63, 3.8) is 0 Å². The van der Waals surface area contributed by atoms with Crippen LogP contribution in [-0.2, 0) is 16.1 Å². The third kappa shape index (κ3) is 4.16.